The van der Waals surface area contributed by atoms with E-state index in [1.54, 1.807) is 4.90 Å². The number of benzene rings is 1. The third kappa shape index (κ3) is 1.65. The number of nitrogens with zero attached hydrogens (tertiary/aromatic N) is 3. The van der Waals surface area contributed by atoms with Crippen LogP contribution in [0.2, 0.25) is 0 Å². The van der Waals surface area contributed by atoms with Crippen LogP contribution in [-0.2, 0) is 4.79 Å². The molecular weight excluding hydrogens is 214 g/mol. The third-order valence-corrected chi connectivity index (χ3v) is 3.16. The maximum atomic E-state index is 11.8. The standard InChI is InChI=1S/C13H14N3O/c1-10-13(17)16-8-7-15(9-12(16)14-10)11-5-3-2-4-6-11/h2-7,10H,8-9H2,1H3/q+1. The van der Waals surface area contributed by atoms with Crippen molar-refractivity contribution in [3.63, 3.8) is 0 Å². The molecule has 0 bridgehead atoms. The molecule has 1 atom stereocenters. The summed E-state index contributed by atoms with van der Waals surface area (Å²) in [5.41, 5.74) is 1.14. The van der Waals surface area contributed by atoms with Crippen molar-refractivity contribution >= 4 is 23.6 Å². The first-order valence-electron chi connectivity index (χ1n) is 5.79. The fourth-order valence-corrected chi connectivity index (χ4v) is 2.24. The van der Waals surface area contributed by atoms with Gasteiger partial charge in [-0.15, -0.1) is 0 Å². The van der Waals surface area contributed by atoms with E-state index in [1.165, 1.54) is 0 Å². The first-order valence-corrected chi connectivity index (χ1v) is 5.79. The summed E-state index contributed by atoms with van der Waals surface area (Å²) in [6, 6.07) is 9.94. The van der Waals surface area contributed by atoms with E-state index in [2.05, 4.69) is 21.7 Å². The summed E-state index contributed by atoms with van der Waals surface area (Å²) in [5.74, 6) is 0.998. The zero-order valence-electron chi connectivity index (χ0n) is 9.71. The van der Waals surface area contributed by atoms with Crippen LogP contribution >= 0.6 is 0 Å². The lowest BCUT2D eigenvalue weighted by atomic mass is 10.2. The highest BCUT2D eigenvalue weighted by molar-refractivity contribution is 6.08. The molecule has 0 fully saturated rings. The molecule has 0 aliphatic carbocycles. The Morgan fingerprint density at radius 2 is 2.12 bits per heavy atom. The summed E-state index contributed by atoms with van der Waals surface area (Å²) in [6.07, 6.45) is 2.05. The number of para-hydroxylation sites is 1. The monoisotopic (exact) mass is 228 g/mol. The number of amides is 1. The molecule has 1 unspecified atom stereocenters. The Balaban J connectivity index is 1.90. The molecule has 1 aromatic rings. The van der Waals surface area contributed by atoms with Gasteiger partial charge in [0.1, 0.15) is 12.6 Å². The Kier molecular flexibility index (Phi) is 2.28. The minimum absolute atomic E-state index is 0.115. The van der Waals surface area contributed by atoms with E-state index in [9.17, 15) is 4.79 Å². The average Bonchev–Trinajstić information content (AvgIpc) is 2.66. The van der Waals surface area contributed by atoms with Crippen molar-refractivity contribution in [2.45, 2.75) is 13.0 Å². The molecule has 0 spiro atoms. The highest BCUT2D eigenvalue weighted by atomic mass is 16.2. The van der Waals surface area contributed by atoms with Gasteiger partial charge in [0.25, 0.3) is 5.91 Å². The minimum Gasteiger partial charge on any atom is -0.283 e. The normalized spacial score (nSPS) is 23.2. The maximum absolute atomic E-state index is 11.8. The van der Waals surface area contributed by atoms with Crippen LogP contribution in [0.5, 0.6) is 0 Å². The van der Waals surface area contributed by atoms with Crippen LogP contribution in [-0.4, -0.2) is 46.6 Å². The molecule has 1 amide bonds. The molecule has 4 nitrogen and oxygen atoms in total. The van der Waals surface area contributed by atoms with Gasteiger partial charge in [0.2, 0.25) is 12.2 Å². The lowest BCUT2D eigenvalue weighted by molar-refractivity contribution is -0.422. The highest BCUT2D eigenvalue weighted by Crippen LogP contribution is 2.17. The molecule has 4 heteroatoms. The van der Waals surface area contributed by atoms with Gasteiger partial charge in [-0.25, -0.2) is 0 Å². The molecule has 0 saturated carbocycles. The Morgan fingerprint density at radius 1 is 1.35 bits per heavy atom. The van der Waals surface area contributed by atoms with E-state index in [-0.39, 0.29) is 11.9 Å². The van der Waals surface area contributed by atoms with Crippen molar-refractivity contribution < 1.29 is 9.37 Å². The average molecular weight is 228 g/mol. The number of carbonyl (C=O) groups excluding carboxylic acids is 1. The van der Waals surface area contributed by atoms with Gasteiger partial charge in [-0.05, 0) is 6.92 Å². The van der Waals surface area contributed by atoms with Gasteiger partial charge in [0, 0.05) is 12.1 Å². The molecule has 2 aliphatic rings. The largest absolute Gasteiger partial charge is 0.283 e. The summed E-state index contributed by atoms with van der Waals surface area (Å²) in [6.45, 7) is 3.15. The maximum Gasteiger partial charge on any atom is 0.253 e. The number of hydrogen-bond acceptors (Lipinski definition) is 2. The smallest absolute Gasteiger partial charge is 0.253 e. The molecule has 86 valence electrons. The van der Waals surface area contributed by atoms with Crippen LogP contribution < -0.4 is 0 Å². The molecule has 3 rings (SSSR count). The Bertz CT molecular complexity index is 519. The fraction of sp³-hybridized carbons (Fsp3) is 0.308. The molecule has 0 saturated heterocycles. The van der Waals surface area contributed by atoms with Gasteiger partial charge >= 0.3 is 0 Å². The number of hydrogen-bond donors (Lipinski definition) is 0. The topological polar surface area (TPSA) is 35.7 Å². The molecule has 2 heterocycles. The minimum atomic E-state index is -0.214. The van der Waals surface area contributed by atoms with Gasteiger partial charge in [0.05, 0.1) is 0 Å². The SMILES string of the molecule is CC1N=C2C[N+](c3ccccc3)=CCN2C1=O. The van der Waals surface area contributed by atoms with Crippen LogP contribution in [0.3, 0.4) is 0 Å². The second-order valence-corrected chi connectivity index (χ2v) is 4.32. The van der Waals surface area contributed by atoms with Crippen molar-refractivity contribution in [1.29, 1.82) is 0 Å². The molecule has 0 aromatic heterocycles. The van der Waals surface area contributed by atoms with Gasteiger partial charge in [-0.2, -0.15) is 4.58 Å². The fourth-order valence-electron chi connectivity index (χ4n) is 2.24. The Labute approximate surface area is 99.9 Å². The number of rotatable bonds is 1. The zero-order chi connectivity index (χ0) is 11.8. The van der Waals surface area contributed by atoms with E-state index in [0.717, 1.165) is 11.5 Å². The summed E-state index contributed by atoms with van der Waals surface area (Å²) >= 11 is 0. The number of carbonyl (C=O) groups is 1. The summed E-state index contributed by atoms with van der Waals surface area (Å²) in [5, 5.41) is 0. The molecule has 17 heavy (non-hydrogen) atoms. The van der Waals surface area contributed by atoms with Crippen LogP contribution in [0, 0.1) is 0 Å². The molecule has 1 aromatic carbocycles. The lowest BCUT2D eigenvalue weighted by Gasteiger charge is -2.19. The summed E-state index contributed by atoms with van der Waals surface area (Å²) in [7, 11) is 0. The van der Waals surface area contributed by atoms with Crippen LogP contribution in [0.4, 0.5) is 5.69 Å². The van der Waals surface area contributed by atoms with Gasteiger partial charge in [-0.3, -0.25) is 14.7 Å². The van der Waals surface area contributed by atoms with Crippen molar-refractivity contribution in [2.24, 2.45) is 4.99 Å². The van der Waals surface area contributed by atoms with Gasteiger partial charge in [-0.1, -0.05) is 18.2 Å². The Hall–Kier alpha value is -1.97. The van der Waals surface area contributed by atoms with E-state index in [0.29, 0.717) is 13.1 Å². The molecular formula is C13H14N3O+. The Morgan fingerprint density at radius 3 is 2.88 bits per heavy atom. The quantitative estimate of drug-likeness (QED) is 0.662. The second-order valence-electron chi connectivity index (χ2n) is 4.32. The summed E-state index contributed by atoms with van der Waals surface area (Å²) in [4.78, 5) is 17.9. The van der Waals surface area contributed by atoms with Gasteiger partial charge in [0.15, 0.2) is 12.1 Å². The van der Waals surface area contributed by atoms with Crippen molar-refractivity contribution in [2.75, 3.05) is 13.1 Å². The zero-order valence-corrected chi connectivity index (χ0v) is 9.71. The predicted octanol–water partition coefficient (Wildman–Crippen LogP) is 1.04. The molecule has 2 aliphatic heterocycles. The first-order chi connectivity index (χ1) is 8.25. The predicted molar refractivity (Wildman–Crippen MR) is 65.9 cm³/mol. The van der Waals surface area contributed by atoms with E-state index in [1.807, 2.05) is 31.3 Å². The second kappa shape index (κ2) is 3.80. The van der Waals surface area contributed by atoms with E-state index >= 15 is 0 Å². The number of aliphatic imine (C=N–C) groups is 1. The van der Waals surface area contributed by atoms with Crippen molar-refractivity contribution in [3.05, 3.63) is 30.3 Å². The van der Waals surface area contributed by atoms with Crippen LogP contribution in [0.1, 0.15) is 6.92 Å². The van der Waals surface area contributed by atoms with E-state index in [4.69, 9.17) is 0 Å². The van der Waals surface area contributed by atoms with Crippen molar-refractivity contribution in [1.82, 2.24) is 4.90 Å². The van der Waals surface area contributed by atoms with Crippen LogP contribution in [0.25, 0.3) is 0 Å². The highest BCUT2D eigenvalue weighted by Gasteiger charge is 2.36. The number of amidine groups is 1. The van der Waals surface area contributed by atoms with Crippen LogP contribution in [0.15, 0.2) is 35.3 Å². The first kappa shape index (κ1) is 10.2. The summed E-state index contributed by atoms with van der Waals surface area (Å²) < 4.78 is 2.14. The lowest BCUT2D eigenvalue weighted by Crippen LogP contribution is -2.44. The third-order valence-electron chi connectivity index (χ3n) is 3.16. The van der Waals surface area contributed by atoms with Gasteiger partial charge < -0.3 is 0 Å². The van der Waals surface area contributed by atoms with E-state index < -0.39 is 0 Å². The number of fused-ring (bicyclic) bond motifs is 1. The molecule has 0 N–H and O–H groups in total. The van der Waals surface area contributed by atoms with Crippen molar-refractivity contribution in [3.8, 4) is 0 Å². The molecule has 0 radical (unpaired) electrons.